The Morgan fingerprint density at radius 1 is 1.13 bits per heavy atom. The van der Waals surface area contributed by atoms with Gasteiger partial charge in [-0.3, -0.25) is 9.59 Å². The summed E-state index contributed by atoms with van der Waals surface area (Å²) in [5.41, 5.74) is 1.84. The van der Waals surface area contributed by atoms with E-state index in [-0.39, 0.29) is 24.2 Å². The first-order chi connectivity index (χ1) is 11.1. The number of halogens is 1. The summed E-state index contributed by atoms with van der Waals surface area (Å²) < 4.78 is 17.6. The summed E-state index contributed by atoms with van der Waals surface area (Å²) in [6.45, 7) is 0.274. The van der Waals surface area contributed by atoms with Crippen molar-refractivity contribution in [3.8, 4) is 0 Å². The Bertz CT molecular complexity index is 686. The van der Waals surface area contributed by atoms with Gasteiger partial charge in [0.15, 0.2) is 0 Å². The average Bonchev–Trinajstić information content (AvgIpc) is 2.54. The summed E-state index contributed by atoms with van der Waals surface area (Å²) in [6, 6.07) is 12.4. The molecular formula is C17H17FN2O3. The van der Waals surface area contributed by atoms with Crippen LogP contribution in [0, 0.1) is 5.82 Å². The third kappa shape index (κ3) is 5.19. The summed E-state index contributed by atoms with van der Waals surface area (Å²) in [7, 11) is 1.45. The van der Waals surface area contributed by atoms with Crippen LogP contribution in [0.2, 0.25) is 0 Å². The van der Waals surface area contributed by atoms with Crippen LogP contribution in [0.5, 0.6) is 0 Å². The molecule has 0 bridgehead atoms. The molecule has 0 heterocycles. The van der Waals surface area contributed by atoms with E-state index in [1.807, 2.05) is 6.07 Å². The number of carbonyl (C=O) groups is 2. The van der Waals surface area contributed by atoms with Crippen LogP contribution in [0.3, 0.4) is 0 Å². The number of nitrogens with one attached hydrogen (secondary N) is 2. The van der Waals surface area contributed by atoms with Crippen LogP contribution in [-0.2, 0) is 16.1 Å². The number of carbonyl (C=O) groups excluding carboxylic acids is 2. The highest BCUT2D eigenvalue weighted by Gasteiger charge is 2.06. The predicted molar refractivity (Wildman–Crippen MR) is 84.5 cm³/mol. The summed E-state index contributed by atoms with van der Waals surface area (Å²) in [5.74, 6) is -0.931. The fourth-order valence-electron chi connectivity index (χ4n) is 1.97. The van der Waals surface area contributed by atoms with Crippen molar-refractivity contribution >= 4 is 17.5 Å². The van der Waals surface area contributed by atoms with Crippen molar-refractivity contribution in [1.29, 1.82) is 0 Å². The smallest absolute Gasteiger partial charge is 0.251 e. The number of anilines is 1. The molecule has 0 aliphatic heterocycles. The van der Waals surface area contributed by atoms with Crippen LogP contribution in [0.4, 0.5) is 10.1 Å². The van der Waals surface area contributed by atoms with Crippen molar-refractivity contribution in [3.63, 3.8) is 0 Å². The third-order valence-corrected chi connectivity index (χ3v) is 3.05. The number of hydrogen-bond acceptors (Lipinski definition) is 3. The fourth-order valence-corrected chi connectivity index (χ4v) is 1.97. The zero-order valence-electron chi connectivity index (χ0n) is 12.6. The maximum atomic E-state index is 12.8. The van der Waals surface area contributed by atoms with E-state index in [1.54, 1.807) is 18.2 Å². The lowest BCUT2D eigenvalue weighted by Gasteiger charge is -2.08. The molecule has 0 saturated carbocycles. The van der Waals surface area contributed by atoms with E-state index in [0.717, 1.165) is 5.56 Å². The van der Waals surface area contributed by atoms with E-state index >= 15 is 0 Å². The second-order valence-electron chi connectivity index (χ2n) is 4.87. The topological polar surface area (TPSA) is 67.4 Å². The highest BCUT2D eigenvalue weighted by atomic mass is 19.1. The molecule has 0 atom stereocenters. The molecule has 6 heteroatoms. The Balaban J connectivity index is 1.94. The minimum Gasteiger partial charge on any atom is -0.375 e. The molecule has 0 radical (unpaired) electrons. The zero-order valence-corrected chi connectivity index (χ0v) is 12.6. The van der Waals surface area contributed by atoms with Gasteiger partial charge in [-0.1, -0.05) is 12.1 Å². The van der Waals surface area contributed by atoms with Gasteiger partial charge in [-0.15, -0.1) is 0 Å². The van der Waals surface area contributed by atoms with Gasteiger partial charge in [-0.25, -0.2) is 4.39 Å². The van der Waals surface area contributed by atoms with Crippen molar-refractivity contribution in [1.82, 2.24) is 5.32 Å². The standard InChI is InChI=1S/C17H17FN2O3/c1-23-11-16(21)20-15-4-2-3-12(9-15)10-19-17(22)13-5-7-14(18)8-6-13/h2-9H,10-11H2,1H3,(H,19,22)(H,20,21). The molecule has 0 unspecified atom stereocenters. The van der Waals surface area contributed by atoms with Gasteiger partial charge in [-0.05, 0) is 42.0 Å². The van der Waals surface area contributed by atoms with Gasteiger partial charge in [0.25, 0.3) is 5.91 Å². The van der Waals surface area contributed by atoms with Crippen LogP contribution in [0.25, 0.3) is 0 Å². The molecule has 2 aromatic carbocycles. The molecule has 23 heavy (non-hydrogen) atoms. The number of methoxy groups -OCH3 is 1. The molecule has 2 aromatic rings. The summed E-state index contributed by atoms with van der Waals surface area (Å²) in [4.78, 5) is 23.4. The Kier molecular flexibility index (Phi) is 5.82. The van der Waals surface area contributed by atoms with Crippen LogP contribution < -0.4 is 10.6 Å². The molecular weight excluding hydrogens is 299 g/mol. The Hall–Kier alpha value is -2.73. The maximum Gasteiger partial charge on any atom is 0.251 e. The lowest BCUT2D eigenvalue weighted by atomic mass is 10.1. The fraction of sp³-hybridized carbons (Fsp3) is 0.176. The monoisotopic (exact) mass is 316 g/mol. The highest BCUT2D eigenvalue weighted by Crippen LogP contribution is 2.11. The Morgan fingerprint density at radius 2 is 1.87 bits per heavy atom. The van der Waals surface area contributed by atoms with Gasteiger partial charge < -0.3 is 15.4 Å². The minimum atomic E-state index is -0.388. The first-order valence-corrected chi connectivity index (χ1v) is 7.00. The molecule has 120 valence electrons. The highest BCUT2D eigenvalue weighted by molar-refractivity contribution is 5.94. The number of benzene rings is 2. The van der Waals surface area contributed by atoms with Gasteiger partial charge in [0.05, 0.1) is 0 Å². The Labute approximate surface area is 133 Å². The molecule has 0 aromatic heterocycles. The van der Waals surface area contributed by atoms with Crippen molar-refractivity contribution in [3.05, 3.63) is 65.5 Å². The molecule has 0 fully saturated rings. The predicted octanol–water partition coefficient (Wildman–Crippen LogP) is 2.34. The maximum absolute atomic E-state index is 12.8. The summed E-state index contributed by atoms with van der Waals surface area (Å²) in [5, 5.41) is 5.43. The first-order valence-electron chi connectivity index (χ1n) is 7.00. The van der Waals surface area contributed by atoms with Gasteiger partial charge in [-0.2, -0.15) is 0 Å². The first kappa shape index (κ1) is 16.6. The SMILES string of the molecule is COCC(=O)Nc1cccc(CNC(=O)c2ccc(F)cc2)c1. The average molecular weight is 316 g/mol. The molecule has 0 saturated heterocycles. The number of ether oxygens (including phenoxy) is 1. The second kappa shape index (κ2) is 8.05. The van der Waals surface area contributed by atoms with Gasteiger partial charge in [0.2, 0.25) is 5.91 Å². The largest absolute Gasteiger partial charge is 0.375 e. The van der Waals surface area contributed by atoms with Crippen molar-refractivity contribution in [2.24, 2.45) is 0 Å². The minimum absolute atomic E-state index is 0.0223. The molecule has 5 nitrogen and oxygen atoms in total. The number of hydrogen-bond donors (Lipinski definition) is 2. The van der Waals surface area contributed by atoms with E-state index < -0.39 is 0 Å². The van der Waals surface area contributed by atoms with Crippen LogP contribution in [-0.4, -0.2) is 25.5 Å². The molecule has 0 aliphatic rings. The van der Waals surface area contributed by atoms with Crippen molar-refractivity contribution in [2.75, 3.05) is 19.0 Å². The number of amides is 2. The van der Waals surface area contributed by atoms with Crippen molar-refractivity contribution in [2.45, 2.75) is 6.54 Å². The number of rotatable bonds is 6. The molecule has 2 amide bonds. The Morgan fingerprint density at radius 3 is 2.57 bits per heavy atom. The molecule has 0 spiro atoms. The van der Waals surface area contributed by atoms with Crippen LogP contribution in [0.15, 0.2) is 48.5 Å². The quantitative estimate of drug-likeness (QED) is 0.859. The van der Waals surface area contributed by atoms with Crippen LogP contribution >= 0.6 is 0 Å². The van der Waals surface area contributed by atoms with Crippen molar-refractivity contribution < 1.29 is 18.7 Å². The van der Waals surface area contributed by atoms with E-state index in [0.29, 0.717) is 17.8 Å². The third-order valence-electron chi connectivity index (χ3n) is 3.05. The zero-order chi connectivity index (χ0) is 16.7. The van der Waals surface area contributed by atoms with Gasteiger partial charge >= 0.3 is 0 Å². The van der Waals surface area contributed by atoms with Crippen LogP contribution in [0.1, 0.15) is 15.9 Å². The lowest BCUT2D eigenvalue weighted by Crippen LogP contribution is -2.23. The van der Waals surface area contributed by atoms with E-state index in [4.69, 9.17) is 4.74 Å². The molecule has 0 aliphatic carbocycles. The van der Waals surface area contributed by atoms with E-state index in [1.165, 1.54) is 31.4 Å². The van der Waals surface area contributed by atoms with E-state index in [9.17, 15) is 14.0 Å². The lowest BCUT2D eigenvalue weighted by molar-refractivity contribution is -0.119. The summed E-state index contributed by atoms with van der Waals surface area (Å²) >= 11 is 0. The second-order valence-corrected chi connectivity index (χ2v) is 4.87. The van der Waals surface area contributed by atoms with Gasteiger partial charge in [0.1, 0.15) is 12.4 Å². The normalized spacial score (nSPS) is 10.2. The van der Waals surface area contributed by atoms with E-state index in [2.05, 4.69) is 10.6 Å². The molecule has 2 rings (SSSR count). The molecule has 2 N–H and O–H groups in total. The summed E-state index contributed by atoms with van der Waals surface area (Å²) in [6.07, 6.45) is 0. The van der Waals surface area contributed by atoms with Gasteiger partial charge in [0, 0.05) is 24.9 Å².